The van der Waals surface area contributed by atoms with Gasteiger partial charge >= 0.3 is 0 Å². The number of nitrogens with zero attached hydrogens (tertiary/aromatic N) is 3. The Balaban J connectivity index is 1.27. The largest absolute Gasteiger partial charge is 0.484 e. The van der Waals surface area contributed by atoms with E-state index < -0.39 is 0 Å². The van der Waals surface area contributed by atoms with Gasteiger partial charge in [0.1, 0.15) is 10.8 Å². The molecule has 1 fully saturated rings. The van der Waals surface area contributed by atoms with E-state index in [2.05, 4.69) is 17.0 Å². The first-order chi connectivity index (χ1) is 13.2. The molecule has 2 heterocycles. The molecular formula is C21H23N3O2S. The summed E-state index contributed by atoms with van der Waals surface area (Å²) in [5.74, 6) is 0.832. The van der Waals surface area contributed by atoms with Crippen molar-refractivity contribution in [2.24, 2.45) is 0 Å². The van der Waals surface area contributed by atoms with Gasteiger partial charge in [-0.3, -0.25) is 9.69 Å². The molecule has 1 aromatic heterocycles. The molecule has 4 rings (SSSR count). The summed E-state index contributed by atoms with van der Waals surface area (Å²) in [6, 6.07) is 16.0. The summed E-state index contributed by atoms with van der Waals surface area (Å²) in [6.07, 6.45) is 0. The molecule has 5 nitrogen and oxygen atoms in total. The Morgan fingerprint density at radius 2 is 1.81 bits per heavy atom. The van der Waals surface area contributed by atoms with Crippen molar-refractivity contribution in [2.75, 3.05) is 32.8 Å². The van der Waals surface area contributed by atoms with E-state index in [0.29, 0.717) is 0 Å². The van der Waals surface area contributed by atoms with E-state index in [1.165, 1.54) is 4.70 Å². The molecule has 3 aromatic rings. The number of rotatable bonds is 5. The first-order valence-electron chi connectivity index (χ1n) is 9.22. The van der Waals surface area contributed by atoms with Gasteiger partial charge in [-0.25, -0.2) is 4.98 Å². The summed E-state index contributed by atoms with van der Waals surface area (Å²) in [7, 11) is 0. The minimum atomic E-state index is 0.0536. The van der Waals surface area contributed by atoms with Crippen molar-refractivity contribution >= 4 is 27.5 Å². The van der Waals surface area contributed by atoms with E-state index in [-0.39, 0.29) is 12.5 Å². The van der Waals surface area contributed by atoms with Crippen LogP contribution in [0.25, 0.3) is 10.2 Å². The topological polar surface area (TPSA) is 45.7 Å². The van der Waals surface area contributed by atoms with Crippen LogP contribution < -0.4 is 4.74 Å². The number of ether oxygens (including phenoxy) is 1. The second kappa shape index (κ2) is 8.06. The van der Waals surface area contributed by atoms with Gasteiger partial charge in [0, 0.05) is 26.2 Å². The van der Waals surface area contributed by atoms with E-state index >= 15 is 0 Å². The number of thiazole rings is 1. The van der Waals surface area contributed by atoms with Crippen molar-refractivity contribution in [3.63, 3.8) is 0 Å². The number of aryl methyl sites for hydroxylation is 1. The number of amides is 1. The molecule has 140 valence electrons. The van der Waals surface area contributed by atoms with E-state index in [1.54, 1.807) is 11.3 Å². The summed E-state index contributed by atoms with van der Waals surface area (Å²) < 4.78 is 6.93. The van der Waals surface area contributed by atoms with Crippen LogP contribution >= 0.6 is 11.3 Å². The Kier molecular flexibility index (Phi) is 5.36. The molecule has 0 spiro atoms. The van der Waals surface area contributed by atoms with Gasteiger partial charge < -0.3 is 9.64 Å². The molecule has 2 aromatic carbocycles. The molecule has 0 N–H and O–H groups in total. The van der Waals surface area contributed by atoms with E-state index in [4.69, 9.17) is 9.72 Å². The van der Waals surface area contributed by atoms with Gasteiger partial charge in [0.05, 0.1) is 16.8 Å². The van der Waals surface area contributed by atoms with Crippen molar-refractivity contribution in [1.82, 2.24) is 14.8 Å². The summed E-state index contributed by atoms with van der Waals surface area (Å²) in [5, 5.41) is 1.14. The quantitative estimate of drug-likeness (QED) is 0.680. The molecule has 1 aliphatic rings. The SMILES string of the molecule is Cc1ccccc1OCC(=O)N1CCN(Cc2nc3ccccc3s2)CC1. The zero-order valence-electron chi connectivity index (χ0n) is 15.4. The van der Waals surface area contributed by atoms with Crippen molar-refractivity contribution in [1.29, 1.82) is 0 Å². The van der Waals surface area contributed by atoms with E-state index in [9.17, 15) is 4.79 Å². The number of carbonyl (C=O) groups is 1. The lowest BCUT2D eigenvalue weighted by Gasteiger charge is -2.34. The van der Waals surface area contributed by atoms with Crippen LogP contribution in [0, 0.1) is 6.92 Å². The second-order valence-corrected chi connectivity index (χ2v) is 7.90. The fourth-order valence-corrected chi connectivity index (χ4v) is 4.29. The zero-order chi connectivity index (χ0) is 18.6. The highest BCUT2D eigenvalue weighted by molar-refractivity contribution is 7.18. The predicted octanol–water partition coefficient (Wildman–Crippen LogP) is 3.33. The minimum absolute atomic E-state index is 0.0536. The zero-order valence-corrected chi connectivity index (χ0v) is 16.2. The smallest absolute Gasteiger partial charge is 0.260 e. The molecule has 0 unspecified atom stereocenters. The molecule has 1 aliphatic heterocycles. The average molecular weight is 382 g/mol. The maximum atomic E-state index is 12.4. The van der Waals surface area contributed by atoms with Crippen LogP contribution in [0.3, 0.4) is 0 Å². The monoisotopic (exact) mass is 381 g/mol. The lowest BCUT2D eigenvalue weighted by Crippen LogP contribution is -2.49. The van der Waals surface area contributed by atoms with Crippen LogP contribution in [0.2, 0.25) is 0 Å². The fourth-order valence-electron chi connectivity index (χ4n) is 3.28. The lowest BCUT2D eigenvalue weighted by molar-refractivity contribution is -0.135. The average Bonchev–Trinajstić information content (AvgIpc) is 3.10. The Bertz CT molecular complexity index is 899. The standard InChI is InChI=1S/C21H23N3O2S/c1-16-6-2-4-8-18(16)26-15-21(25)24-12-10-23(11-13-24)14-20-22-17-7-3-5-9-19(17)27-20/h2-9H,10-15H2,1H3. The van der Waals surface area contributed by atoms with Crippen LogP contribution in [0.4, 0.5) is 0 Å². The Morgan fingerprint density at radius 3 is 2.59 bits per heavy atom. The first-order valence-corrected chi connectivity index (χ1v) is 10.0. The van der Waals surface area contributed by atoms with E-state index in [1.807, 2.05) is 48.2 Å². The number of para-hydroxylation sites is 2. The number of benzene rings is 2. The molecule has 1 saturated heterocycles. The van der Waals surface area contributed by atoms with Crippen molar-refractivity contribution < 1.29 is 9.53 Å². The lowest BCUT2D eigenvalue weighted by atomic mass is 10.2. The van der Waals surface area contributed by atoms with E-state index in [0.717, 1.165) is 54.6 Å². The second-order valence-electron chi connectivity index (χ2n) is 6.79. The molecule has 0 aliphatic carbocycles. The number of fused-ring (bicyclic) bond motifs is 1. The molecule has 0 atom stereocenters. The van der Waals surface area contributed by atoms with Gasteiger partial charge in [-0.15, -0.1) is 11.3 Å². The Labute approximate surface area is 163 Å². The van der Waals surface area contributed by atoms with Crippen LogP contribution in [0.1, 0.15) is 10.6 Å². The maximum Gasteiger partial charge on any atom is 0.260 e. The highest BCUT2D eigenvalue weighted by Crippen LogP contribution is 2.23. The van der Waals surface area contributed by atoms with Crippen LogP contribution in [-0.2, 0) is 11.3 Å². The number of hydrogen-bond donors (Lipinski definition) is 0. The highest BCUT2D eigenvalue weighted by Gasteiger charge is 2.22. The van der Waals surface area contributed by atoms with Gasteiger partial charge in [0.25, 0.3) is 5.91 Å². The number of piperazine rings is 1. The highest BCUT2D eigenvalue weighted by atomic mass is 32.1. The summed E-state index contributed by atoms with van der Waals surface area (Å²) in [5.41, 5.74) is 2.12. The minimum Gasteiger partial charge on any atom is -0.484 e. The molecule has 27 heavy (non-hydrogen) atoms. The van der Waals surface area contributed by atoms with Gasteiger partial charge in [-0.2, -0.15) is 0 Å². The third-order valence-corrected chi connectivity index (χ3v) is 5.89. The fraction of sp³-hybridized carbons (Fsp3) is 0.333. The number of hydrogen-bond acceptors (Lipinski definition) is 5. The molecule has 6 heteroatoms. The molecule has 0 radical (unpaired) electrons. The van der Waals surface area contributed by atoms with Crippen LogP contribution in [-0.4, -0.2) is 53.5 Å². The predicted molar refractivity (Wildman–Crippen MR) is 108 cm³/mol. The Morgan fingerprint density at radius 1 is 1.07 bits per heavy atom. The number of aromatic nitrogens is 1. The van der Waals surface area contributed by atoms with Crippen molar-refractivity contribution in [3.05, 3.63) is 59.1 Å². The van der Waals surface area contributed by atoms with Gasteiger partial charge in [-0.1, -0.05) is 30.3 Å². The van der Waals surface area contributed by atoms with Crippen molar-refractivity contribution in [3.8, 4) is 5.75 Å². The van der Waals surface area contributed by atoms with Crippen LogP contribution in [0.5, 0.6) is 5.75 Å². The van der Waals surface area contributed by atoms with Gasteiger partial charge in [-0.05, 0) is 30.7 Å². The molecule has 0 bridgehead atoms. The van der Waals surface area contributed by atoms with Gasteiger partial charge in [0.15, 0.2) is 6.61 Å². The third-order valence-electron chi connectivity index (χ3n) is 4.87. The first kappa shape index (κ1) is 17.9. The molecule has 1 amide bonds. The molecular weight excluding hydrogens is 358 g/mol. The number of carbonyl (C=O) groups excluding carboxylic acids is 1. The Hall–Kier alpha value is -2.44. The molecule has 0 saturated carbocycles. The third kappa shape index (κ3) is 4.28. The van der Waals surface area contributed by atoms with Crippen LogP contribution in [0.15, 0.2) is 48.5 Å². The summed E-state index contributed by atoms with van der Waals surface area (Å²) in [6.45, 7) is 6.14. The maximum absolute atomic E-state index is 12.4. The summed E-state index contributed by atoms with van der Waals surface area (Å²) in [4.78, 5) is 21.4. The van der Waals surface area contributed by atoms with Crippen molar-refractivity contribution in [2.45, 2.75) is 13.5 Å². The summed E-state index contributed by atoms with van der Waals surface area (Å²) >= 11 is 1.75. The van der Waals surface area contributed by atoms with Gasteiger partial charge in [0.2, 0.25) is 0 Å². The normalized spacial score (nSPS) is 15.2.